The Morgan fingerprint density at radius 2 is 2.00 bits per heavy atom. The Morgan fingerprint density at radius 3 is 2.00 bits per heavy atom. The lowest BCUT2D eigenvalue weighted by Gasteiger charge is -2.31. The van der Waals surface area contributed by atoms with Gasteiger partial charge in [-0.05, 0) is 12.8 Å². The number of hydrogen-bond donors (Lipinski definition) is 1. The average Bonchev–Trinajstić information content (AvgIpc) is 1.61. The molecule has 0 spiro atoms. The zero-order valence-electron chi connectivity index (χ0n) is 4.35. The second-order valence-electron chi connectivity index (χ2n) is 2.14. The van der Waals surface area contributed by atoms with Crippen molar-refractivity contribution >= 4 is 0 Å². The van der Waals surface area contributed by atoms with Gasteiger partial charge in [-0.3, -0.25) is 0 Å². The molecule has 2 unspecified atom stereocenters. The molecule has 0 radical (unpaired) electrons. The predicted octanol–water partition coefficient (Wildman–Crippen LogP) is 1.02. The van der Waals surface area contributed by atoms with Gasteiger partial charge in [-0.15, -0.1) is 0 Å². The largest absolute Gasteiger partial charge is 0.393 e. The number of alkyl halides is 2. The first-order valence-electron chi connectivity index (χ1n) is 2.68. The number of aliphatic hydroxyl groups is 1. The van der Waals surface area contributed by atoms with Crippen LogP contribution in [0.5, 0.6) is 0 Å². The minimum atomic E-state index is -2.32. The van der Waals surface area contributed by atoms with Crippen molar-refractivity contribution in [1.82, 2.24) is 0 Å². The van der Waals surface area contributed by atoms with Crippen molar-refractivity contribution in [3.63, 3.8) is 0 Å². The van der Waals surface area contributed by atoms with Gasteiger partial charge in [0.2, 0.25) is 6.43 Å². The van der Waals surface area contributed by atoms with Crippen LogP contribution >= 0.6 is 0 Å². The van der Waals surface area contributed by atoms with Crippen LogP contribution in [0.1, 0.15) is 12.8 Å². The van der Waals surface area contributed by atoms with Crippen molar-refractivity contribution in [2.45, 2.75) is 25.4 Å². The van der Waals surface area contributed by atoms with Crippen LogP contribution in [0.2, 0.25) is 0 Å². The summed E-state index contributed by atoms with van der Waals surface area (Å²) >= 11 is 0. The maximum absolute atomic E-state index is 11.6. The van der Waals surface area contributed by atoms with E-state index in [-0.39, 0.29) is 0 Å². The molecule has 3 heteroatoms. The van der Waals surface area contributed by atoms with Gasteiger partial charge in [0.15, 0.2) is 0 Å². The molecule has 1 nitrogen and oxygen atoms in total. The second kappa shape index (κ2) is 1.97. The monoisotopic (exact) mass is 122 g/mol. The normalized spacial score (nSPS) is 37.5. The van der Waals surface area contributed by atoms with Crippen molar-refractivity contribution < 1.29 is 13.9 Å². The fourth-order valence-corrected chi connectivity index (χ4v) is 0.802. The van der Waals surface area contributed by atoms with Crippen molar-refractivity contribution in [1.29, 1.82) is 0 Å². The molecule has 1 saturated carbocycles. The van der Waals surface area contributed by atoms with E-state index in [2.05, 4.69) is 0 Å². The molecule has 1 rings (SSSR count). The number of halogens is 2. The smallest absolute Gasteiger partial charge is 0.243 e. The van der Waals surface area contributed by atoms with Gasteiger partial charge in [-0.2, -0.15) is 0 Å². The van der Waals surface area contributed by atoms with E-state index in [1.165, 1.54) is 0 Å². The van der Waals surface area contributed by atoms with E-state index in [1.807, 2.05) is 0 Å². The molecular weight excluding hydrogens is 114 g/mol. The average molecular weight is 122 g/mol. The Hall–Kier alpha value is -0.180. The zero-order chi connectivity index (χ0) is 6.15. The first-order valence-corrected chi connectivity index (χ1v) is 2.68. The molecule has 0 amide bonds. The van der Waals surface area contributed by atoms with E-state index in [0.717, 1.165) is 0 Å². The lowest BCUT2D eigenvalue weighted by Crippen LogP contribution is -2.36. The third kappa shape index (κ3) is 0.823. The molecule has 0 aromatic carbocycles. The van der Waals surface area contributed by atoms with Crippen LogP contribution < -0.4 is 0 Å². The summed E-state index contributed by atoms with van der Waals surface area (Å²) < 4.78 is 23.1. The third-order valence-electron chi connectivity index (χ3n) is 1.61. The van der Waals surface area contributed by atoms with Gasteiger partial charge >= 0.3 is 0 Å². The van der Waals surface area contributed by atoms with Crippen LogP contribution in [0.25, 0.3) is 0 Å². The third-order valence-corrected chi connectivity index (χ3v) is 1.61. The second-order valence-corrected chi connectivity index (χ2v) is 2.14. The quantitative estimate of drug-likeness (QED) is 0.550. The molecule has 1 fully saturated rings. The van der Waals surface area contributed by atoms with E-state index in [0.29, 0.717) is 12.8 Å². The van der Waals surface area contributed by atoms with Gasteiger partial charge in [0.05, 0.1) is 6.10 Å². The highest BCUT2D eigenvalue weighted by Gasteiger charge is 2.35. The van der Waals surface area contributed by atoms with E-state index < -0.39 is 18.4 Å². The molecule has 1 aliphatic carbocycles. The van der Waals surface area contributed by atoms with Crippen LogP contribution in [0.3, 0.4) is 0 Å². The van der Waals surface area contributed by atoms with Gasteiger partial charge in [-0.1, -0.05) is 0 Å². The van der Waals surface area contributed by atoms with E-state index in [9.17, 15) is 8.78 Å². The Balaban J connectivity index is 2.26. The summed E-state index contributed by atoms with van der Waals surface area (Å²) in [6, 6.07) is 0. The first-order chi connectivity index (χ1) is 3.72. The summed E-state index contributed by atoms with van der Waals surface area (Å²) in [6.45, 7) is 0. The standard InChI is InChI=1S/C5H8F2O/c6-5(7)3-1-2-4(3)8/h3-5,8H,1-2H2. The Morgan fingerprint density at radius 1 is 1.38 bits per heavy atom. The molecule has 48 valence electrons. The molecule has 1 N–H and O–H groups in total. The SMILES string of the molecule is OC1CCC1C(F)F. The molecule has 0 aromatic heterocycles. The van der Waals surface area contributed by atoms with Gasteiger partial charge < -0.3 is 5.11 Å². The van der Waals surface area contributed by atoms with Crippen LogP contribution in [0.15, 0.2) is 0 Å². The van der Waals surface area contributed by atoms with Gasteiger partial charge in [0.25, 0.3) is 0 Å². The van der Waals surface area contributed by atoms with Crippen LogP contribution in [0.4, 0.5) is 8.78 Å². The molecular formula is C5H8F2O. The molecule has 2 atom stereocenters. The summed E-state index contributed by atoms with van der Waals surface area (Å²) in [5.74, 6) is -0.727. The molecule has 0 saturated heterocycles. The molecule has 0 bridgehead atoms. The maximum Gasteiger partial charge on any atom is 0.243 e. The lowest BCUT2D eigenvalue weighted by atomic mass is 9.82. The van der Waals surface area contributed by atoms with Gasteiger partial charge in [-0.25, -0.2) is 8.78 Å². The molecule has 1 aliphatic rings. The fraction of sp³-hybridized carbons (Fsp3) is 1.00. The molecule has 8 heavy (non-hydrogen) atoms. The van der Waals surface area contributed by atoms with Crippen LogP contribution in [0, 0.1) is 5.92 Å². The summed E-state index contributed by atoms with van der Waals surface area (Å²) in [5.41, 5.74) is 0. The van der Waals surface area contributed by atoms with Crippen LogP contribution in [-0.2, 0) is 0 Å². The minimum Gasteiger partial charge on any atom is -0.393 e. The lowest BCUT2D eigenvalue weighted by molar-refractivity contribution is -0.0675. The molecule has 0 aliphatic heterocycles. The minimum absolute atomic E-state index is 0.485. The fourth-order valence-electron chi connectivity index (χ4n) is 0.802. The zero-order valence-corrected chi connectivity index (χ0v) is 4.35. The highest BCUT2D eigenvalue weighted by Crippen LogP contribution is 2.32. The highest BCUT2D eigenvalue weighted by atomic mass is 19.3. The van der Waals surface area contributed by atoms with Gasteiger partial charge in [0, 0.05) is 5.92 Å². The Labute approximate surface area is 46.3 Å². The van der Waals surface area contributed by atoms with E-state index >= 15 is 0 Å². The van der Waals surface area contributed by atoms with Crippen molar-refractivity contribution in [3.05, 3.63) is 0 Å². The van der Waals surface area contributed by atoms with Gasteiger partial charge in [0.1, 0.15) is 0 Å². The summed E-state index contributed by atoms with van der Waals surface area (Å²) in [4.78, 5) is 0. The first kappa shape index (κ1) is 5.95. The summed E-state index contributed by atoms with van der Waals surface area (Å²) in [7, 11) is 0. The Bertz CT molecular complexity index is 79.7. The van der Waals surface area contributed by atoms with E-state index in [1.54, 1.807) is 0 Å². The summed E-state index contributed by atoms with van der Waals surface area (Å²) in [5, 5.41) is 8.60. The van der Waals surface area contributed by atoms with Crippen molar-refractivity contribution in [2.24, 2.45) is 5.92 Å². The number of hydrogen-bond acceptors (Lipinski definition) is 1. The van der Waals surface area contributed by atoms with Crippen molar-refractivity contribution in [2.75, 3.05) is 0 Å². The van der Waals surface area contributed by atoms with Crippen molar-refractivity contribution in [3.8, 4) is 0 Å². The highest BCUT2D eigenvalue weighted by molar-refractivity contribution is 4.81. The number of aliphatic hydroxyl groups excluding tert-OH is 1. The van der Waals surface area contributed by atoms with Crippen LogP contribution in [-0.4, -0.2) is 17.6 Å². The number of rotatable bonds is 1. The topological polar surface area (TPSA) is 20.2 Å². The van der Waals surface area contributed by atoms with E-state index in [4.69, 9.17) is 5.11 Å². The molecule has 0 heterocycles. The predicted molar refractivity (Wildman–Crippen MR) is 24.7 cm³/mol. The Kier molecular flexibility index (Phi) is 1.47. The molecule has 0 aromatic rings. The summed E-state index contributed by atoms with van der Waals surface area (Å²) in [6.07, 6.45) is -2.01. The maximum atomic E-state index is 11.6.